The second-order valence-corrected chi connectivity index (χ2v) is 6.12. The molecule has 0 atom stereocenters. The summed E-state index contributed by atoms with van der Waals surface area (Å²) < 4.78 is 0. The maximum Gasteiger partial charge on any atom is 0.272 e. The van der Waals surface area contributed by atoms with Crippen molar-refractivity contribution in [3.63, 3.8) is 0 Å². The van der Waals surface area contributed by atoms with Crippen LogP contribution in [0.3, 0.4) is 0 Å². The third-order valence-corrected chi connectivity index (χ3v) is 4.43. The van der Waals surface area contributed by atoms with Crippen molar-refractivity contribution in [3.05, 3.63) is 24.0 Å². The van der Waals surface area contributed by atoms with Crippen molar-refractivity contribution in [1.82, 2.24) is 14.8 Å². The van der Waals surface area contributed by atoms with Crippen LogP contribution < -0.4 is 4.90 Å². The Bertz CT molecular complexity index is 474. The summed E-state index contributed by atoms with van der Waals surface area (Å²) in [4.78, 5) is 23.7. The quantitative estimate of drug-likeness (QED) is 0.774. The molecule has 0 spiro atoms. The van der Waals surface area contributed by atoms with Crippen molar-refractivity contribution in [2.45, 2.75) is 33.6 Å². The Kier molecular flexibility index (Phi) is 6.84. The lowest BCUT2D eigenvalue weighted by Gasteiger charge is -2.35. The standard InChI is InChI=1S/C18H30N4O/c1-4-9-22(10-5-2)18(23)17-8-7-16(15-19-17)21-13-11-20(6-3)12-14-21/h7-8,15H,4-6,9-14H2,1-3H3. The Hall–Kier alpha value is -1.62. The van der Waals surface area contributed by atoms with Gasteiger partial charge < -0.3 is 14.7 Å². The van der Waals surface area contributed by atoms with Crippen LogP contribution >= 0.6 is 0 Å². The van der Waals surface area contributed by atoms with Gasteiger partial charge >= 0.3 is 0 Å². The van der Waals surface area contributed by atoms with Gasteiger partial charge in [-0.05, 0) is 31.5 Å². The summed E-state index contributed by atoms with van der Waals surface area (Å²) in [5.74, 6) is 0.0519. The van der Waals surface area contributed by atoms with Crippen LogP contribution in [0.5, 0.6) is 0 Å². The molecule has 1 amide bonds. The Labute approximate surface area is 140 Å². The number of likely N-dealkylation sites (N-methyl/N-ethyl adjacent to an activating group) is 1. The molecule has 1 fully saturated rings. The van der Waals surface area contributed by atoms with E-state index in [0.29, 0.717) is 5.69 Å². The Balaban J connectivity index is 2.00. The van der Waals surface area contributed by atoms with Crippen molar-refractivity contribution in [2.24, 2.45) is 0 Å². The lowest BCUT2D eigenvalue weighted by atomic mass is 10.2. The summed E-state index contributed by atoms with van der Waals surface area (Å²) >= 11 is 0. The number of amides is 1. The SMILES string of the molecule is CCCN(CCC)C(=O)c1ccc(N2CCN(CC)CC2)cn1. The third-order valence-electron chi connectivity index (χ3n) is 4.43. The van der Waals surface area contributed by atoms with E-state index in [2.05, 4.69) is 35.6 Å². The summed E-state index contributed by atoms with van der Waals surface area (Å²) in [7, 11) is 0. The lowest BCUT2D eigenvalue weighted by Crippen LogP contribution is -2.46. The molecule has 0 bridgehead atoms. The molecule has 2 rings (SSSR count). The smallest absolute Gasteiger partial charge is 0.272 e. The zero-order chi connectivity index (χ0) is 16.7. The first-order valence-electron chi connectivity index (χ1n) is 8.92. The van der Waals surface area contributed by atoms with Crippen molar-refractivity contribution < 1.29 is 4.79 Å². The van der Waals surface area contributed by atoms with Gasteiger partial charge in [0.25, 0.3) is 5.91 Å². The highest BCUT2D eigenvalue weighted by Gasteiger charge is 2.18. The molecule has 0 saturated carbocycles. The maximum absolute atomic E-state index is 12.5. The molecule has 128 valence electrons. The van der Waals surface area contributed by atoms with Crippen LogP contribution in [0, 0.1) is 0 Å². The molecule has 23 heavy (non-hydrogen) atoms. The summed E-state index contributed by atoms with van der Waals surface area (Å²) in [5, 5.41) is 0. The average Bonchev–Trinajstić information content (AvgIpc) is 2.61. The zero-order valence-corrected chi connectivity index (χ0v) is 14.8. The molecule has 1 saturated heterocycles. The monoisotopic (exact) mass is 318 g/mol. The van der Waals surface area contributed by atoms with Crippen LogP contribution in [0.4, 0.5) is 5.69 Å². The van der Waals surface area contributed by atoms with Crippen molar-refractivity contribution in [2.75, 3.05) is 50.7 Å². The summed E-state index contributed by atoms with van der Waals surface area (Å²) in [6.45, 7) is 13.4. The van der Waals surface area contributed by atoms with Gasteiger partial charge in [0.1, 0.15) is 5.69 Å². The summed E-state index contributed by atoms with van der Waals surface area (Å²) in [6, 6.07) is 3.92. The molecule has 2 heterocycles. The molecule has 0 radical (unpaired) electrons. The van der Waals surface area contributed by atoms with Gasteiger partial charge in [0.05, 0.1) is 11.9 Å². The predicted molar refractivity (Wildman–Crippen MR) is 95.0 cm³/mol. The van der Waals surface area contributed by atoms with E-state index in [4.69, 9.17) is 0 Å². The fourth-order valence-corrected chi connectivity index (χ4v) is 3.04. The molecular formula is C18H30N4O. The molecule has 0 aliphatic carbocycles. The first-order valence-corrected chi connectivity index (χ1v) is 8.92. The number of aromatic nitrogens is 1. The van der Waals surface area contributed by atoms with Crippen molar-refractivity contribution in [1.29, 1.82) is 0 Å². The average molecular weight is 318 g/mol. The molecule has 0 unspecified atom stereocenters. The summed E-state index contributed by atoms with van der Waals surface area (Å²) in [6.07, 6.45) is 3.81. The van der Waals surface area contributed by atoms with E-state index >= 15 is 0 Å². The Morgan fingerprint density at radius 2 is 1.74 bits per heavy atom. The highest BCUT2D eigenvalue weighted by molar-refractivity contribution is 5.92. The fraction of sp³-hybridized carbons (Fsp3) is 0.667. The van der Waals surface area contributed by atoms with Gasteiger partial charge in [0, 0.05) is 39.3 Å². The number of piperazine rings is 1. The fourth-order valence-electron chi connectivity index (χ4n) is 3.04. The molecule has 1 aliphatic rings. The number of hydrogen-bond acceptors (Lipinski definition) is 4. The minimum absolute atomic E-state index is 0.0519. The van der Waals surface area contributed by atoms with E-state index in [0.717, 1.165) is 64.3 Å². The van der Waals surface area contributed by atoms with E-state index in [1.54, 1.807) is 0 Å². The number of carbonyl (C=O) groups is 1. The number of rotatable bonds is 7. The van der Waals surface area contributed by atoms with Gasteiger partial charge in [-0.1, -0.05) is 20.8 Å². The summed E-state index contributed by atoms with van der Waals surface area (Å²) in [5.41, 5.74) is 1.68. The molecule has 1 aromatic heterocycles. The van der Waals surface area contributed by atoms with Crippen LogP contribution in [0.15, 0.2) is 18.3 Å². The van der Waals surface area contributed by atoms with E-state index in [1.807, 2.05) is 23.2 Å². The molecule has 5 nitrogen and oxygen atoms in total. The molecule has 1 aliphatic heterocycles. The van der Waals surface area contributed by atoms with Crippen LogP contribution in [0.2, 0.25) is 0 Å². The van der Waals surface area contributed by atoms with Gasteiger partial charge in [-0.2, -0.15) is 0 Å². The van der Waals surface area contributed by atoms with Crippen LogP contribution in [0.25, 0.3) is 0 Å². The molecular weight excluding hydrogens is 288 g/mol. The zero-order valence-electron chi connectivity index (χ0n) is 14.8. The Morgan fingerprint density at radius 3 is 2.22 bits per heavy atom. The van der Waals surface area contributed by atoms with Crippen LogP contribution in [0.1, 0.15) is 44.1 Å². The predicted octanol–water partition coefficient (Wildman–Crippen LogP) is 2.49. The topological polar surface area (TPSA) is 39.7 Å². The minimum Gasteiger partial charge on any atom is -0.368 e. The second-order valence-electron chi connectivity index (χ2n) is 6.12. The second kappa shape index (κ2) is 8.87. The van der Waals surface area contributed by atoms with Gasteiger partial charge in [0.2, 0.25) is 0 Å². The highest BCUT2D eigenvalue weighted by atomic mass is 16.2. The Morgan fingerprint density at radius 1 is 1.09 bits per heavy atom. The van der Waals surface area contributed by atoms with E-state index in [9.17, 15) is 4.79 Å². The number of nitrogens with zero attached hydrogens (tertiary/aromatic N) is 4. The number of hydrogen-bond donors (Lipinski definition) is 0. The van der Waals surface area contributed by atoms with Gasteiger partial charge in [-0.25, -0.2) is 4.98 Å². The van der Waals surface area contributed by atoms with Gasteiger partial charge in [-0.3, -0.25) is 4.79 Å². The number of pyridine rings is 1. The largest absolute Gasteiger partial charge is 0.368 e. The molecule has 5 heteroatoms. The maximum atomic E-state index is 12.5. The molecule has 0 N–H and O–H groups in total. The van der Waals surface area contributed by atoms with Gasteiger partial charge in [0.15, 0.2) is 0 Å². The minimum atomic E-state index is 0.0519. The van der Waals surface area contributed by atoms with Gasteiger partial charge in [-0.15, -0.1) is 0 Å². The number of carbonyl (C=O) groups excluding carboxylic acids is 1. The normalized spacial score (nSPS) is 15.7. The third kappa shape index (κ3) is 4.67. The van der Waals surface area contributed by atoms with Crippen molar-refractivity contribution >= 4 is 11.6 Å². The first-order chi connectivity index (χ1) is 11.2. The van der Waals surface area contributed by atoms with Crippen LogP contribution in [-0.4, -0.2) is 66.5 Å². The lowest BCUT2D eigenvalue weighted by molar-refractivity contribution is 0.0749. The van der Waals surface area contributed by atoms with E-state index in [1.165, 1.54) is 0 Å². The highest BCUT2D eigenvalue weighted by Crippen LogP contribution is 2.16. The van der Waals surface area contributed by atoms with Crippen molar-refractivity contribution in [3.8, 4) is 0 Å². The first kappa shape index (κ1) is 17.7. The van der Waals surface area contributed by atoms with Crippen LogP contribution in [-0.2, 0) is 0 Å². The molecule has 0 aromatic carbocycles. The number of anilines is 1. The van der Waals surface area contributed by atoms with E-state index in [-0.39, 0.29) is 5.91 Å². The molecule has 1 aromatic rings. The van der Waals surface area contributed by atoms with E-state index < -0.39 is 0 Å².